The number of carbonyl (C=O) groups excluding carboxylic acids is 1. The van der Waals surface area contributed by atoms with Crippen LogP contribution in [0.3, 0.4) is 0 Å². The number of carbonyl (C=O) groups is 1. The lowest BCUT2D eigenvalue weighted by atomic mass is 10.2. The molecule has 0 saturated heterocycles. The predicted octanol–water partition coefficient (Wildman–Crippen LogP) is 5.84. The Morgan fingerprint density at radius 3 is 2.60 bits per heavy atom. The van der Waals surface area contributed by atoms with E-state index < -0.39 is 0 Å². The van der Waals surface area contributed by atoms with Gasteiger partial charge in [0.05, 0.1) is 12.8 Å². The molecule has 0 heterocycles. The molecule has 3 aromatic carbocycles. The lowest BCUT2D eigenvalue weighted by Crippen LogP contribution is -2.17. The van der Waals surface area contributed by atoms with Gasteiger partial charge in [-0.3, -0.25) is 4.79 Å². The van der Waals surface area contributed by atoms with Gasteiger partial charge in [0.25, 0.3) is 5.91 Å². The van der Waals surface area contributed by atoms with Crippen LogP contribution in [0.4, 0.5) is 0 Å². The minimum Gasteiger partial charge on any atom is -0.490 e. The molecule has 3 rings (SSSR count). The summed E-state index contributed by atoms with van der Waals surface area (Å²) in [6, 6.07) is 20.0. The van der Waals surface area contributed by atoms with Gasteiger partial charge in [0.2, 0.25) is 0 Å². The summed E-state index contributed by atoms with van der Waals surface area (Å²) in [7, 11) is 0. The van der Waals surface area contributed by atoms with Gasteiger partial charge in [-0.05, 0) is 66.6 Å². The number of halogens is 2. The van der Waals surface area contributed by atoms with Crippen LogP contribution in [0.25, 0.3) is 0 Å². The van der Waals surface area contributed by atoms with E-state index in [1.165, 1.54) is 0 Å². The van der Waals surface area contributed by atoms with Gasteiger partial charge in [0.15, 0.2) is 11.5 Å². The number of ether oxygens (including phenoxy) is 2. The van der Waals surface area contributed by atoms with Gasteiger partial charge in [-0.15, -0.1) is 0 Å². The maximum atomic E-state index is 12.2. The highest BCUT2D eigenvalue weighted by Gasteiger charge is 2.07. The van der Waals surface area contributed by atoms with E-state index in [1.807, 2.05) is 55.5 Å². The quantitative estimate of drug-likeness (QED) is 0.320. The third-order valence-electron chi connectivity index (χ3n) is 4.04. The van der Waals surface area contributed by atoms with Crippen molar-refractivity contribution in [2.45, 2.75) is 13.5 Å². The molecule has 0 aliphatic rings. The Labute approximate surface area is 188 Å². The van der Waals surface area contributed by atoms with Crippen LogP contribution in [0.1, 0.15) is 28.4 Å². The number of amides is 1. The zero-order valence-electron chi connectivity index (χ0n) is 16.3. The average Bonchev–Trinajstić information content (AvgIpc) is 2.74. The summed E-state index contributed by atoms with van der Waals surface area (Å²) in [5.41, 5.74) is 4.81. The number of hydrogen-bond acceptors (Lipinski definition) is 4. The second-order valence-corrected chi connectivity index (χ2v) is 7.62. The van der Waals surface area contributed by atoms with Gasteiger partial charge in [0.1, 0.15) is 6.61 Å². The fourth-order valence-electron chi connectivity index (χ4n) is 2.59. The Hall–Kier alpha value is -2.83. The van der Waals surface area contributed by atoms with Crippen LogP contribution < -0.4 is 14.9 Å². The monoisotopic (exact) mass is 486 g/mol. The smallest absolute Gasteiger partial charge is 0.271 e. The Balaban J connectivity index is 1.65. The van der Waals surface area contributed by atoms with Crippen molar-refractivity contribution >= 4 is 39.7 Å². The summed E-state index contributed by atoms with van der Waals surface area (Å²) in [5, 5.41) is 4.72. The van der Waals surface area contributed by atoms with Crippen molar-refractivity contribution < 1.29 is 14.3 Å². The van der Waals surface area contributed by atoms with E-state index >= 15 is 0 Å². The van der Waals surface area contributed by atoms with E-state index in [2.05, 4.69) is 26.5 Å². The summed E-state index contributed by atoms with van der Waals surface area (Å²) < 4.78 is 12.4. The number of nitrogens with zero attached hydrogens (tertiary/aromatic N) is 1. The molecule has 1 N–H and O–H groups in total. The summed E-state index contributed by atoms with van der Waals surface area (Å²) in [6.07, 6.45) is 1.56. The van der Waals surface area contributed by atoms with E-state index in [4.69, 9.17) is 21.1 Å². The number of hydrazone groups is 1. The van der Waals surface area contributed by atoms with Gasteiger partial charge in [-0.25, -0.2) is 5.43 Å². The Bertz CT molecular complexity index is 1040. The molecular weight excluding hydrogens is 468 g/mol. The Kier molecular flexibility index (Phi) is 7.88. The van der Waals surface area contributed by atoms with Crippen LogP contribution in [-0.2, 0) is 6.61 Å². The molecule has 7 heteroatoms. The van der Waals surface area contributed by atoms with Crippen molar-refractivity contribution in [3.63, 3.8) is 0 Å². The molecule has 0 bridgehead atoms. The maximum absolute atomic E-state index is 12.2. The van der Waals surface area contributed by atoms with Crippen LogP contribution in [-0.4, -0.2) is 18.7 Å². The van der Waals surface area contributed by atoms with Crippen LogP contribution in [0.2, 0.25) is 5.02 Å². The highest BCUT2D eigenvalue weighted by atomic mass is 79.9. The molecular formula is C23H20BrClN2O3. The SMILES string of the molecule is CCOc1cc(/C=N/NC(=O)c2cccc(Br)c2)ccc1OCc1ccc(Cl)cc1. The van der Waals surface area contributed by atoms with Crippen molar-refractivity contribution in [3.05, 3.63) is 92.9 Å². The highest BCUT2D eigenvalue weighted by molar-refractivity contribution is 9.10. The minimum absolute atomic E-state index is 0.291. The first-order chi connectivity index (χ1) is 14.5. The van der Waals surface area contributed by atoms with Gasteiger partial charge >= 0.3 is 0 Å². The molecule has 0 atom stereocenters. The fourth-order valence-corrected chi connectivity index (χ4v) is 3.12. The van der Waals surface area contributed by atoms with E-state index in [-0.39, 0.29) is 5.91 Å². The second-order valence-electron chi connectivity index (χ2n) is 6.26. The summed E-state index contributed by atoms with van der Waals surface area (Å²) in [5.74, 6) is 0.941. The summed E-state index contributed by atoms with van der Waals surface area (Å²) >= 11 is 9.26. The van der Waals surface area contributed by atoms with Crippen molar-refractivity contribution in [1.29, 1.82) is 0 Å². The molecule has 0 saturated carbocycles. The van der Waals surface area contributed by atoms with E-state index in [1.54, 1.807) is 24.4 Å². The van der Waals surface area contributed by atoms with Gasteiger partial charge in [-0.2, -0.15) is 5.10 Å². The summed E-state index contributed by atoms with van der Waals surface area (Å²) in [4.78, 5) is 12.2. The lowest BCUT2D eigenvalue weighted by Gasteiger charge is -2.12. The van der Waals surface area contributed by atoms with Gasteiger partial charge < -0.3 is 9.47 Å². The van der Waals surface area contributed by atoms with Crippen molar-refractivity contribution in [2.24, 2.45) is 5.10 Å². The number of nitrogens with one attached hydrogen (secondary N) is 1. The van der Waals surface area contributed by atoms with E-state index in [0.717, 1.165) is 15.6 Å². The molecule has 0 unspecified atom stereocenters. The van der Waals surface area contributed by atoms with Gasteiger partial charge in [-0.1, -0.05) is 45.7 Å². The average molecular weight is 488 g/mol. The highest BCUT2D eigenvalue weighted by Crippen LogP contribution is 2.29. The zero-order chi connectivity index (χ0) is 21.3. The standard InChI is InChI=1S/C23H20BrClN2O3/c1-2-29-22-12-17(14-26-27-23(28)18-4-3-5-19(24)13-18)8-11-21(22)30-15-16-6-9-20(25)10-7-16/h3-14H,2,15H2,1H3,(H,27,28)/b26-14+. The molecule has 0 fully saturated rings. The molecule has 30 heavy (non-hydrogen) atoms. The van der Waals surface area contributed by atoms with Gasteiger partial charge in [0, 0.05) is 15.1 Å². The van der Waals surface area contributed by atoms with Crippen LogP contribution in [0.15, 0.2) is 76.3 Å². The summed E-state index contributed by atoms with van der Waals surface area (Å²) in [6.45, 7) is 2.80. The predicted molar refractivity (Wildman–Crippen MR) is 123 cm³/mol. The molecule has 0 radical (unpaired) electrons. The Morgan fingerprint density at radius 1 is 1.07 bits per heavy atom. The molecule has 0 aliphatic carbocycles. The Morgan fingerprint density at radius 2 is 1.87 bits per heavy atom. The maximum Gasteiger partial charge on any atom is 0.271 e. The van der Waals surface area contributed by atoms with Crippen LogP contribution in [0, 0.1) is 0 Å². The second kappa shape index (κ2) is 10.8. The molecule has 5 nitrogen and oxygen atoms in total. The first kappa shape index (κ1) is 21.9. The molecule has 0 aromatic heterocycles. The number of rotatable bonds is 8. The number of benzene rings is 3. The van der Waals surface area contributed by atoms with E-state index in [9.17, 15) is 4.79 Å². The van der Waals surface area contributed by atoms with E-state index in [0.29, 0.717) is 35.3 Å². The number of hydrogen-bond donors (Lipinski definition) is 1. The third-order valence-corrected chi connectivity index (χ3v) is 4.79. The van der Waals surface area contributed by atoms with Crippen LogP contribution in [0.5, 0.6) is 11.5 Å². The van der Waals surface area contributed by atoms with Crippen molar-refractivity contribution in [3.8, 4) is 11.5 Å². The molecule has 0 spiro atoms. The van der Waals surface area contributed by atoms with Crippen LogP contribution >= 0.6 is 27.5 Å². The van der Waals surface area contributed by atoms with Crippen molar-refractivity contribution in [1.82, 2.24) is 5.43 Å². The lowest BCUT2D eigenvalue weighted by molar-refractivity contribution is 0.0955. The largest absolute Gasteiger partial charge is 0.490 e. The normalized spacial score (nSPS) is 10.8. The fraction of sp³-hybridized carbons (Fsp3) is 0.130. The molecule has 1 amide bonds. The van der Waals surface area contributed by atoms with Crippen molar-refractivity contribution in [2.75, 3.05) is 6.61 Å². The molecule has 154 valence electrons. The minimum atomic E-state index is -0.291. The third kappa shape index (κ3) is 6.34. The molecule has 0 aliphatic heterocycles. The molecule has 3 aromatic rings. The first-order valence-electron chi connectivity index (χ1n) is 9.28. The first-order valence-corrected chi connectivity index (χ1v) is 10.5. The topological polar surface area (TPSA) is 59.9 Å². The zero-order valence-corrected chi connectivity index (χ0v) is 18.6.